The molecule has 2 nitrogen and oxygen atoms in total. The second kappa shape index (κ2) is 4.10. The molecule has 88 valence electrons. The first-order chi connectivity index (χ1) is 6.67. The van der Waals surface area contributed by atoms with E-state index in [0.29, 0.717) is 11.3 Å². The maximum Gasteiger partial charge on any atom is 0.307 e. The van der Waals surface area contributed by atoms with Gasteiger partial charge in [0.2, 0.25) is 0 Å². The van der Waals surface area contributed by atoms with Crippen LogP contribution in [0.4, 0.5) is 0 Å². The van der Waals surface area contributed by atoms with Gasteiger partial charge < -0.3 is 10.4 Å². The van der Waals surface area contributed by atoms with Crippen LogP contribution in [0.3, 0.4) is 0 Å². The third kappa shape index (κ3) is 2.76. The highest BCUT2D eigenvalue weighted by Gasteiger charge is 2.48. The molecule has 0 saturated heterocycles. The van der Waals surface area contributed by atoms with Crippen LogP contribution in [0.25, 0.3) is 0 Å². The van der Waals surface area contributed by atoms with Crippen molar-refractivity contribution >= 4 is 6.92 Å². The van der Waals surface area contributed by atoms with E-state index < -0.39 is 0 Å². The van der Waals surface area contributed by atoms with Gasteiger partial charge >= 0.3 is 6.92 Å². The Balaban J connectivity index is 2.59. The number of rotatable bonds is 4. The Kier molecular flexibility index (Phi) is 3.57. The van der Waals surface area contributed by atoms with Crippen LogP contribution in [0.5, 0.6) is 0 Å². The van der Waals surface area contributed by atoms with Crippen LogP contribution in [0, 0.1) is 11.3 Å². The van der Waals surface area contributed by atoms with Crippen molar-refractivity contribution in [1.82, 2.24) is 0 Å². The molecule has 1 saturated carbocycles. The third-order valence-corrected chi connectivity index (χ3v) is 4.09. The van der Waals surface area contributed by atoms with E-state index in [1.54, 1.807) is 0 Å². The Morgan fingerprint density at radius 2 is 2.00 bits per heavy atom. The number of nitrogens with two attached hydrogens (primary N) is 1. The predicted molar refractivity (Wildman–Crippen MR) is 66.9 cm³/mol. The summed E-state index contributed by atoms with van der Waals surface area (Å²) in [6, 6.07) is 0. The minimum Gasteiger partial charge on any atom is -0.430 e. The fourth-order valence-corrected chi connectivity index (χ4v) is 2.82. The van der Waals surface area contributed by atoms with Crippen molar-refractivity contribution < 1.29 is 4.65 Å². The summed E-state index contributed by atoms with van der Waals surface area (Å²) >= 11 is 0. The molecule has 2 unspecified atom stereocenters. The minimum atomic E-state index is -0.0468. The first-order valence-electron chi connectivity index (χ1n) is 6.10. The average Bonchev–Trinajstić information content (AvgIpc) is 2.00. The van der Waals surface area contributed by atoms with Crippen molar-refractivity contribution in [2.75, 3.05) is 0 Å². The average molecular weight is 211 g/mol. The van der Waals surface area contributed by atoms with Crippen molar-refractivity contribution in [1.29, 1.82) is 0 Å². The molecule has 0 amide bonds. The molecule has 0 aromatic heterocycles. The highest BCUT2D eigenvalue weighted by atomic mass is 16.5. The van der Waals surface area contributed by atoms with Gasteiger partial charge in [0, 0.05) is 11.5 Å². The van der Waals surface area contributed by atoms with Crippen LogP contribution in [0.15, 0.2) is 0 Å². The molecule has 0 radical (unpaired) electrons. The van der Waals surface area contributed by atoms with Crippen LogP contribution in [0.2, 0.25) is 6.82 Å². The quantitative estimate of drug-likeness (QED) is 0.725. The molecule has 1 rings (SSSR count). The fourth-order valence-electron chi connectivity index (χ4n) is 2.82. The van der Waals surface area contributed by atoms with E-state index in [1.165, 1.54) is 12.8 Å². The molecule has 2 N–H and O–H groups in total. The van der Waals surface area contributed by atoms with E-state index in [4.69, 9.17) is 10.4 Å². The zero-order valence-electron chi connectivity index (χ0n) is 11.1. The fraction of sp³-hybridized carbons (Fsp3) is 1.00. The molecule has 1 aliphatic carbocycles. The van der Waals surface area contributed by atoms with E-state index >= 15 is 0 Å². The summed E-state index contributed by atoms with van der Waals surface area (Å²) in [5.74, 6) is 0.763. The van der Waals surface area contributed by atoms with E-state index in [9.17, 15) is 0 Å². The number of hydrogen-bond donors (Lipinski definition) is 1. The van der Waals surface area contributed by atoms with Crippen molar-refractivity contribution in [3.05, 3.63) is 0 Å². The first-order valence-corrected chi connectivity index (χ1v) is 6.10. The Hall–Kier alpha value is -0.0151. The predicted octanol–water partition coefficient (Wildman–Crippen LogP) is 2.73. The van der Waals surface area contributed by atoms with Gasteiger partial charge in [0.05, 0.1) is 0 Å². The molecule has 0 heterocycles. The Labute approximate surface area is 95.1 Å². The summed E-state index contributed by atoms with van der Waals surface area (Å²) in [7, 11) is 0. The van der Waals surface area contributed by atoms with Crippen LogP contribution < -0.4 is 5.73 Å². The molecule has 1 fully saturated rings. The van der Waals surface area contributed by atoms with Gasteiger partial charge in [-0.25, -0.2) is 0 Å². The van der Waals surface area contributed by atoms with E-state index in [2.05, 4.69) is 34.5 Å². The zero-order valence-corrected chi connectivity index (χ0v) is 11.1. The third-order valence-electron chi connectivity index (χ3n) is 4.09. The number of hydrogen-bond acceptors (Lipinski definition) is 2. The Morgan fingerprint density at radius 3 is 2.27 bits per heavy atom. The Morgan fingerprint density at radius 1 is 1.47 bits per heavy atom. The van der Waals surface area contributed by atoms with Crippen LogP contribution in [-0.4, -0.2) is 18.5 Å². The van der Waals surface area contributed by atoms with Gasteiger partial charge in [0.1, 0.15) is 0 Å². The highest BCUT2D eigenvalue weighted by molar-refractivity contribution is 6.52. The van der Waals surface area contributed by atoms with Gasteiger partial charge in [-0.1, -0.05) is 27.6 Å². The summed E-state index contributed by atoms with van der Waals surface area (Å²) < 4.78 is 6.11. The lowest BCUT2D eigenvalue weighted by Gasteiger charge is -2.53. The zero-order chi connectivity index (χ0) is 11.9. The van der Waals surface area contributed by atoms with E-state index in [-0.39, 0.29) is 18.5 Å². The molecule has 3 heteroatoms. The van der Waals surface area contributed by atoms with Gasteiger partial charge in [0.25, 0.3) is 0 Å². The standard InChI is InChI=1S/C12H26BNO/c1-9(14)13(6)15-12(4,5)10-7-8-11(10,2)3/h9-10H,7-8,14H2,1-6H3. The molecular weight excluding hydrogens is 185 g/mol. The summed E-state index contributed by atoms with van der Waals surface area (Å²) in [4.78, 5) is 0. The van der Waals surface area contributed by atoms with Gasteiger partial charge in [-0.3, -0.25) is 0 Å². The molecule has 0 aliphatic heterocycles. The van der Waals surface area contributed by atoms with E-state index in [0.717, 1.165) is 0 Å². The largest absolute Gasteiger partial charge is 0.430 e. The summed E-state index contributed by atoms with van der Waals surface area (Å²) in [5, 5.41) is 0. The van der Waals surface area contributed by atoms with Gasteiger partial charge in [-0.05, 0) is 38.0 Å². The SMILES string of the molecule is CB(OC(C)(C)C1CCC1(C)C)C(C)N. The summed E-state index contributed by atoms with van der Waals surface area (Å²) in [5.41, 5.74) is 6.23. The lowest BCUT2D eigenvalue weighted by molar-refractivity contribution is -0.0823. The van der Waals surface area contributed by atoms with Crippen molar-refractivity contribution in [3.8, 4) is 0 Å². The maximum atomic E-state index is 6.11. The Bertz CT molecular complexity index is 226. The van der Waals surface area contributed by atoms with Crippen LogP contribution in [-0.2, 0) is 4.65 Å². The molecule has 1 aliphatic rings. The van der Waals surface area contributed by atoms with Crippen molar-refractivity contribution in [2.45, 2.75) is 65.8 Å². The molecule has 2 atom stereocenters. The van der Waals surface area contributed by atoms with Gasteiger partial charge in [0.15, 0.2) is 0 Å². The molecule has 0 bridgehead atoms. The minimum absolute atomic E-state index is 0.0468. The van der Waals surface area contributed by atoms with E-state index in [1.807, 2.05) is 6.92 Å². The molecular formula is C12H26BNO. The second-order valence-corrected chi connectivity index (χ2v) is 6.37. The summed E-state index contributed by atoms with van der Waals surface area (Å²) in [6.07, 6.45) is 2.60. The maximum absolute atomic E-state index is 6.11. The van der Waals surface area contributed by atoms with Crippen molar-refractivity contribution in [3.63, 3.8) is 0 Å². The van der Waals surface area contributed by atoms with Gasteiger partial charge in [-0.2, -0.15) is 0 Å². The topological polar surface area (TPSA) is 35.2 Å². The monoisotopic (exact) mass is 211 g/mol. The molecule has 15 heavy (non-hydrogen) atoms. The van der Waals surface area contributed by atoms with Crippen molar-refractivity contribution in [2.24, 2.45) is 17.1 Å². The molecule has 0 aromatic rings. The second-order valence-electron chi connectivity index (χ2n) is 6.37. The molecule has 0 aromatic carbocycles. The van der Waals surface area contributed by atoms with Crippen LogP contribution in [0.1, 0.15) is 47.5 Å². The lowest BCUT2D eigenvalue weighted by Crippen LogP contribution is -2.53. The first kappa shape index (κ1) is 13.1. The normalized spacial score (nSPS) is 27.0. The van der Waals surface area contributed by atoms with Crippen LogP contribution >= 0.6 is 0 Å². The molecule has 0 spiro atoms. The smallest absolute Gasteiger partial charge is 0.307 e. The highest BCUT2D eigenvalue weighted by Crippen LogP contribution is 2.52. The van der Waals surface area contributed by atoms with Gasteiger partial charge in [-0.15, -0.1) is 0 Å². The summed E-state index contributed by atoms with van der Waals surface area (Å²) in [6.45, 7) is 13.3. The lowest BCUT2D eigenvalue weighted by atomic mass is 9.55.